The van der Waals surface area contributed by atoms with Crippen LogP contribution in [-0.4, -0.2) is 21.7 Å². The summed E-state index contributed by atoms with van der Waals surface area (Å²) in [5.41, 5.74) is 3.04. The van der Waals surface area contributed by atoms with Crippen LogP contribution in [0.5, 0.6) is 0 Å². The van der Waals surface area contributed by atoms with Gasteiger partial charge in [-0.15, -0.1) is 0 Å². The predicted octanol–water partition coefficient (Wildman–Crippen LogP) is 1.55. The summed E-state index contributed by atoms with van der Waals surface area (Å²) in [5, 5.41) is 8.71. The summed E-state index contributed by atoms with van der Waals surface area (Å²) in [5.74, 6) is 0. The Balaban J connectivity index is 2.32. The van der Waals surface area contributed by atoms with E-state index < -0.39 is 0 Å². The van der Waals surface area contributed by atoms with E-state index in [2.05, 4.69) is 9.97 Å². The van der Waals surface area contributed by atoms with E-state index in [9.17, 15) is 0 Å². The lowest BCUT2D eigenvalue weighted by molar-refractivity contribution is 0.288. The average Bonchev–Trinajstić information content (AvgIpc) is 2.26. The average molecular weight is 188 g/mol. The fraction of sp³-hybridized carbons (Fsp3) is 0.273. The van der Waals surface area contributed by atoms with Crippen LogP contribution in [0.15, 0.2) is 30.6 Å². The highest BCUT2D eigenvalue weighted by Gasteiger charge is 1.97. The molecule has 0 bridgehead atoms. The molecule has 1 N–H and O–H groups in total. The molecule has 1 heterocycles. The minimum absolute atomic E-state index is 0.235. The third-order valence-electron chi connectivity index (χ3n) is 2.16. The zero-order valence-electron chi connectivity index (χ0n) is 7.85. The third-order valence-corrected chi connectivity index (χ3v) is 2.16. The van der Waals surface area contributed by atoms with Gasteiger partial charge in [-0.2, -0.15) is 0 Å². The second-order valence-electron chi connectivity index (χ2n) is 3.21. The zero-order valence-corrected chi connectivity index (χ0v) is 7.85. The van der Waals surface area contributed by atoms with Crippen LogP contribution in [0.2, 0.25) is 0 Å². The van der Waals surface area contributed by atoms with E-state index in [4.69, 9.17) is 5.11 Å². The first-order valence-corrected chi connectivity index (χ1v) is 4.70. The molecule has 0 unspecified atom stereocenters. The second-order valence-corrected chi connectivity index (χ2v) is 3.21. The van der Waals surface area contributed by atoms with E-state index in [1.54, 1.807) is 12.4 Å². The molecule has 1 aromatic heterocycles. The molecule has 0 aliphatic heterocycles. The maximum absolute atomic E-state index is 8.71. The molecule has 1 aromatic carbocycles. The summed E-state index contributed by atoms with van der Waals surface area (Å²) >= 11 is 0. The summed E-state index contributed by atoms with van der Waals surface area (Å²) in [6.45, 7) is 0.235. The number of hydrogen-bond donors (Lipinski definition) is 1. The molecule has 0 fully saturated rings. The van der Waals surface area contributed by atoms with Crippen LogP contribution in [0.1, 0.15) is 12.0 Å². The molecule has 3 heteroatoms. The minimum Gasteiger partial charge on any atom is -0.396 e. The van der Waals surface area contributed by atoms with Crippen molar-refractivity contribution in [2.24, 2.45) is 0 Å². The largest absolute Gasteiger partial charge is 0.396 e. The molecule has 0 aliphatic rings. The Labute approximate surface area is 82.4 Å². The second kappa shape index (κ2) is 4.15. The van der Waals surface area contributed by atoms with E-state index in [1.165, 1.54) is 5.56 Å². The van der Waals surface area contributed by atoms with Gasteiger partial charge in [0.25, 0.3) is 0 Å². The van der Waals surface area contributed by atoms with Crippen molar-refractivity contribution in [2.75, 3.05) is 6.61 Å². The standard InChI is InChI=1S/C11H12N2O/c14-7-1-2-9-3-4-10-11(8-9)13-6-5-12-10/h3-6,8,14H,1-2,7H2. The molecule has 14 heavy (non-hydrogen) atoms. The molecule has 0 atom stereocenters. The maximum Gasteiger partial charge on any atom is 0.0889 e. The van der Waals surface area contributed by atoms with E-state index in [0.29, 0.717) is 0 Å². The van der Waals surface area contributed by atoms with Gasteiger partial charge in [0, 0.05) is 19.0 Å². The lowest BCUT2D eigenvalue weighted by Gasteiger charge is -2.00. The highest BCUT2D eigenvalue weighted by atomic mass is 16.2. The van der Waals surface area contributed by atoms with E-state index in [0.717, 1.165) is 23.9 Å². The van der Waals surface area contributed by atoms with E-state index >= 15 is 0 Å². The molecular formula is C11H12N2O. The highest BCUT2D eigenvalue weighted by Crippen LogP contribution is 2.11. The number of benzene rings is 1. The first-order chi connectivity index (χ1) is 6.90. The number of aromatic nitrogens is 2. The number of aryl methyl sites for hydroxylation is 1. The van der Waals surface area contributed by atoms with Gasteiger partial charge < -0.3 is 5.11 Å². The smallest absolute Gasteiger partial charge is 0.0889 e. The number of hydrogen-bond acceptors (Lipinski definition) is 3. The van der Waals surface area contributed by atoms with Gasteiger partial charge in [-0.05, 0) is 30.5 Å². The summed E-state index contributed by atoms with van der Waals surface area (Å²) in [6.07, 6.45) is 5.07. The Bertz CT molecular complexity index is 428. The van der Waals surface area contributed by atoms with Gasteiger partial charge in [-0.25, -0.2) is 0 Å². The van der Waals surface area contributed by atoms with Crippen molar-refractivity contribution in [3.8, 4) is 0 Å². The SMILES string of the molecule is OCCCc1ccc2nccnc2c1. The summed E-state index contributed by atoms with van der Waals surface area (Å²) < 4.78 is 0. The van der Waals surface area contributed by atoms with Gasteiger partial charge in [0.1, 0.15) is 0 Å². The van der Waals surface area contributed by atoms with Gasteiger partial charge in [-0.1, -0.05) is 6.07 Å². The highest BCUT2D eigenvalue weighted by molar-refractivity contribution is 5.74. The van der Waals surface area contributed by atoms with Crippen LogP contribution in [0.3, 0.4) is 0 Å². The number of aliphatic hydroxyl groups excluding tert-OH is 1. The van der Waals surface area contributed by atoms with Gasteiger partial charge in [0.05, 0.1) is 11.0 Å². The van der Waals surface area contributed by atoms with Gasteiger partial charge in [0.15, 0.2) is 0 Å². The van der Waals surface area contributed by atoms with Crippen molar-refractivity contribution in [1.29, 1.82) is 0 Å². The number of aliphatic hydroxyl groups is 1. The lowest BCUT2D eigenvalue weighted by atomic mass is 10.1. The summed E-state index contributed by atoms with van der Waals surface area (Å²) in [4.78, 5) is 8.42. The fourth-order valence-corrected chi connectivity index (χ4v) is 1.45. The molecule has 2 rings (SSSR count). The Kier molecular flexibility index (Phi) is 2.70. The number of nitrogens with zero attached hydrogens (tertiary/aromatic N) is 2. The van der Waals surface area contributed by atoms with Crippen molar-refractivity contribution in [1.82, 2.24) is 9.97 Å². The Morgan fingerprint density at radius 1 is 1.07 bits per heavy atom. The molecule has 0 saturated heterocycles. The van der Waals surface area contributed by atoms with Crippen molar-refractivity contribution in [2.45, 2.75) is 12.8 Å². The van der Waals surface area contributed by atoms with Crippen molar-refractivity contribution in [3.05, 3.63) is 36.2 Å². The Morgan fingerprint density at radius 3 is 2.64 bits per heavy atom. The quantitative estimate of drug-likeness (QED) is 0.795. The first-order valence-electron chi connectivity index (χ1n) is 4.70. The van der Waals surface area contributed by atoms with E-state index in [1.807, 2.05) is 18.2 Å². The fourth-order valence-electron chi connectivity index (χ4n) is 1.45. The van der Waals surface area contributed by atoms with Crippen molar-refractivity contribution >= 4 is 11.0 Å². The van der Waals surface area contributed by atoms with Crippen LogP contribution in [-0.2, 0) is 6.42 Å². The van der Waals surface area contributed by atoms with Crippen LogP contribution in [0.25, 0.3) is 11.0 Å². The van der Waals surface area contributed by atoms with Crippen molar-refractivity contribution in [3.63, 3.8) is 0 Å². The third kappa shape index (κ3) is 1.88. The molecule has 0 spiro atoms. The van der Waals surface area contributed by atoms with Gasteiger partial charge in [-0.3, -0.25) is 9.97 Å². The Morgan fingerprint density at radius 2 is 1.86 bits per heavy atom. The molecule has 0 amide bonds. The van der Waals surface area contributed by atoms with Gasteiger partial charge in [0.2, 0.25) is 0 Å². The molecule has 0 radical (unpaired) electrons. The predicted molar refractivity (Wildman–Crippen MR) is 54.9 cm³/mol. The van der Waals surface area contributed by atoms with Crippen LogP contribution >= 0.6 is 0 Å². The van der Waals surface area contributed by atoms with Gasteiger partial charge >= 0.3 is 0 Å². The monoisotopic (exact) mass is 188 g/mol. The molecule has 72 valence electrons. The maximum atomic E-state index is 8.71. The Hall–Kier alpha value is -1.48. The van der Waals surface area contributed by atoms with E-state index in [-0.39, 0.29) is 6.61 Å². The van der Waals surface area contributed by atoms with Crippen LogP contribution in [0.4, 0.5) is 0 Å². The van der Waals surface area contributed by atoms with Crippen molar-refractivity contribution < 1.29 is 5.11 Å². The minimum atomic E-state index is 0.235. The molecule has 0 aliphatic carbocycles. The summed E-state index contributed by atoms with van der Waals surface area (Å²) in [7, 11) is 0. The number of fused-ring (bicyclic) bond motifs is 1. The first kappa shape index (κ1) is 9.09. The molecule has 0 saturated carbocycles. The normalized spacial score (nSPS) is 10.6. The van der Waals surface area contributed by atoms with Crippen LogP contribution in [0, 0.1) is 0 Å². The lowest BCUT2D eigenvalue weighted by Crippen LogP contribution is -1.90. The molecule has 3 nitrogen and oxygen atoms in total. The molecular weight excluding hydrogens is 176 g/mol. The topological polar surface area (TPSA) is 46.0 Å². The molecule has 2 aromatic rings. The van der Waals surface area contributed by atoms with Crippen LogP contribution < -0.4 is 0 Å². The zero-order chi connectivity index (χ0) is 9.80. The summed E-state index contributed by atoms with van der Waals surface area (Å²) in [6, 6.07) is 6.03. The number of rotatable bonds is 3.